The van der Waals surface area contributed by atoms with Crippen molar-refractivity contribution in [2.75, 3.05) is 6.61 Å². The average Bonchev–Trinajstić information content (AvgIpc) is 2.47. The van der Waals surface area contributed by atoms with Gasteiger partial charge < -0.3 is 4.74 Å². The lowest BCUT2D eigenvalue weighted by atomic mass is 10.1. The molecule has 0 unspecified atom stereocenters. The van der Waals surface area contributed by atoms with Gasteiger partial charge in [0.2, 0.25) is 0 Å². The van der Waals surface area contributed by atoms with Crippen molar-refractivity contribution in [3.8, 4) is 0 Å². The van der Waals surface area contributed by atoms with Crippen LogP contribution in [0.3, 0.4) is 0 Å². The minimum atomic E-state index is -0.324. The zero-order valence-electron chi connectivity index (χ0n) is 12.4. The van der Waals surface area contributed by atoms with Crippen molar-refractivity contribution in [3.05, 3.63) is 39.9 Å². The normalized spacial score (nSPS) is 11.0. The van der Waals surface area contributed by atoms with Gasteiger partial charge in [0.25, 0.3) is 0 Å². The summed E-state index contributed by atoms with van der Waals surface area (Å²) >= 11 is 11.7. The highest BCUT2D eigenvalue weighted by Gasteiger charge is 1.99. The first-order chi connectivity index (χ1) is 10.1. The summed E-state index contributed by atoms with van der Waals surface area (Å²) in [5.74, 6) is -0.324. The van der Waals surface area contributed by atoms with Crippen LogP contribution in [-0.2, 0) is 9.53 Å². The summed E-state index contributed by atoms with van der Waals surface area (Å²) in [6.45, 7) is 2.68. The Morgan fingerprint density at radius 1 is 1.10 bits per heavy atom. The molecule has 0 aliphatic rings. The maximum Gasteiger partial charge on any atom is 0.330 e. The summed E-state index contributed by atoms with van der Waals surface area (Å²) in [6, 6.07) is 5.21. The van der Waals surface area contributed by atoms with Crippen LogP contribution in [0, 0.1) is 0 Å². The Balaban J connectivity index is 2.21. The van der Waals surface area contributed by atoms with Gasteiger partial charge in [0.1, 0.15) is 0 Å². The molecule has 0 saturated heterocycles. The highest BCUT2D eigenvalue weighted by Crippen LogP contribution is 2.23. The Labute approximate surface area is 137 Å². The molecule has 0 N–H and O–H groups in total. The minimum absolute atomic E-state index is 0.324. The van der Waals surface area contributed by atoms with Crippen molar-refractivity contribution >= 4 is 35.2 Å². The van der Waals surface area contributed by atoms with E-state index in [0.29, 0.717) is 16.7 Å². The van der Waals surface area contributed by atoms with Crippen molar-refractivity contribution in [2.45, 2.75) is 45.4 Å². The molecule has 0 aliphatic carbocycles. The van der Waals surface area contributed by atoms with Crippen LogP contribution < -0.4 is 0 Å². The number of halogens is 2. The number of carbonyl (C=O) groups excluding carboxylic acids is 1. The highest BCUT2D eigenvalue weighted by atomic mass is 35.5. The van der Waals surface area contributed by atoms with Gasteiger partial charge in [-0.05, 0) is 30.2 Å². The first-order valence-corrected chi connectivity index (χ1v) is 8.19. The van der Waals surface area contributed by atoms with Gasteiger partial charge in [-0.25, -0.2) is 4.79 Å². The molecule has 0 saturated carbocycles. The molecular weight excluding hydrogens is 307 g/mol. The van der Waals surface area contributed by atoms with E-state index in [1.807, 2.05) is 0 Å². The molecule has 0 atom stereocenters. The number of hydrogen-bond acceptors (Lipinski definition) is 2. The average molecular weight is 329 g/mol. The van der Waals surface area contributed by atoms with Gasteiger partial charge in [-0.15, -0.1) is 0 Å². The van der Waals surface area contributed by atoms with E-state index < -0.39 is 0 Å². The van der Waals surface area contributed by atoms with Crippen LogP contribution in [0.1, 0.15) is 51.0 Å². The predicted octanol–water partition coefficient (Wildman–Crippen LogP) is 5.91. The molecule has 1 aromatic carbocycles. The Hall–Kier alpha value is -0.990. The predicted molar refractivity (Wildman–Crippen MR) is 89.8 cm³/mol. The van der Waals surface area contributed by atoms with Gasteiger partial charge >= 0.3 is 5.97 Å². The lowest BCUT2D eigenvalue weighted by Crippen LogP contribution is -2.02. The summed E-state index contributed by atoms with van der Waals surface area (Å²) < 4.78 is 5.14. The van der Waals surface area contributed by atoms with E-state index in [9.17, 15) is 4.79 Å². The second-order valence-corrected chi connectivity index (χ2v) is 5.76. The molecule has 0 fully saturated rings. The largest absolute Gasteiger partial charge is 0.463 e. The third-order valence-electron chi connectivity index (χ3n) is 3.10. The first kappa shape index (κ1) is 18.1. The second-order valence-electron chi connectivity index (χ2n) is 4.94. The van der Waals surface area contributed by atoms with Crippen LogP contribution >= 0.6 is 23.2 Å². The highest BCUT2D eigenvalue weighted by molar-refractivity contribution is 6.42. The van der Waals surface area contributed by atoms with E-state index in [1.165, 1.54) is 31.8 Å². The van der Waals surface area contributed by atoms with Crippen LogP contribution in [0.5, 0.6) is 0 Å². The van der Waals surface area contributed by atoms with Crippen molar-refractivity contribution < 1.29 is 9.53 Å². The lowest BCUT2D eigenvalue weighted by Gasteiger charge is -2.02. The number of ether oxygens (including phenoxy) is 1. The minimum Gasteiger partial charge on any atom is -0.463 e. The fourth-order valence-electron chi connectivity index (χ4n) is 1.88. The zero-order valence-corrected chi connectivity index (χ0v) is 13.9. The summed E-state index contributed by atoms with van der Waals surface area (Å²) in [7, 11) is 0. The standard InChI is InChI=1S/C17H22Cl2O2/c1-2-3-4-5-6-7-12-21-17(20)11-9-14-8-10-15(18)16(19)13-14/h8-11,13H,2-7,12H2,1H3/b11-9+. The lowest BCUT2D eigenvalue weighted by molar-refractivity contribution is -0.137. The third-order valence-corrected chi connectivity index (χ3v) is 3.84. The Morgan fingerprint density at radius 3 is 2.52 bits per heavy atom. The molecule has 0 heterocycles. The van der Waals surface area contributed by atoms with E-state index in [2.05, 4.69) is 6.92 Å². The second kappa shape index (κ2) is 10.7. The van der Waals surface area contributed by atoms with Crippen LogP contribution in [0.4, 0.5) is 0 Å². The quantitative estimate of drug-likeness (QED) is 0.320. The van der Waals surface area contributed by atoms with Gasteiger partial charge in [0.15, 0.2) is 0 Å². The van der Waals surface area contributed by atoms with E-state index in [4.69, 9.17) is 27.9 Å². The van der Waals surface area contributed by atoms with E-state index in [-0.39, 0.29) is 5.97 Å². The van der Waals surface area contributed by atoms with Crippen LogP contribution in [0.2, 0.25) is 10.0 Å². The first-order valence-electron chi connectivity index (χ1n) is 7.43. The number of hydrogen-bond donors (Lipinski definition) is 0. The fourth-order valence-corrected chi connectivity index (χ4v) is 2.19. The molecule has 0 spiro atoms. The number of unbranched alkanes of at least 4 members (excludes halogenated alkanes) is 5. The molecule has 2 nitrogen and oxygen atoms in total. The van der Waals surface area contributed by atoms with Gasteiger partial charge in [-0.3, -0.25) is 0 Å². The Bertz CT molecular complexity index is 470. The summed E-state index contributed by atoms with van der Waals surface area (Å²) in [6.07, 6.45) is 10.1. The fraction of sp³-hybridized carbons (Fsp3) is 0.471. The van der Waals surface area contributed by atoms with Crippen molar-refractivity contribution in [1.82, 2.24) is 0 Å². The molecule has 1 rings (SSSR count). The number of carbonyl (C=O) groups is 1. The van der Waals surface area contributed by atoms with Gasteiger partial charge in [0.05, 0.1) is 16.7 Å². The number of esters is 1. The van der Waals surface area contributed by atoms with Crippen LogP contribution in [-0.4, -0.2) is 12.6 Å². The molecule has 4 heteroatoms. The topological polar surface area (TPSA) is 26.3 Å². The van der Waals surface area contributed by atoms with Gasteiger partial charge in [-0.1, -0.05) is 68.3 Å². The van der Waals surface area contributed by atoms with Gasteiger partial charge in [-0.2, -0.15) is 0 Å². The molecule has 116 valence electrons. The number of benzene rings is 1. The maximum atomic E-state index is 11.5. The molecule has 1 aromatic rings. The summed E-state index contributed by atoms with van der Waals surface area (Å²) in [5.41, 5.74) is 0.820. The van der Waals surface area contributed by atoms with E-state index in [1.54, 1.807) is 24.3 Å². The maximum absolute atomic E-state index is 11.5. The third kappa shape index (κ3) is 8.13. The zero-order chi connectivity index (χ0) is 15.5. The molecule has 0 aromatic heterocycles. The van der Waals surface area contributed by atoms with Crippen molar-refractivity contribution in [3.63, 3.8) is 0 Å². The number of rotatable bonds is 9. The SMILES string of the molecule is CCCCCCCCOC(=O)/C=C/c1ccc(Cl)c(Cl)c1. The molecule has 0 aliphatic heterocycles. The smallest absolute Gasteiger partial charge is 0.330 e. The Morgan fingerprint density at radius 2 is 1.81 bits per heavy atom. The molecule has 0 radical (unpaired) electrons. The van der Waals surface area contributed by atoms with Crippen molar-refractivity contribution in [2.24, 2.45) is 0 Å². The summed E-state index contributed by atoms with van der Waals surface area (Å²) in [4.78, 5) is 11.5. The molecule has 0 bridgehead atoms. The van der Waals surface area contributed by atoms with Crippen LogP contribution in [0.25, 0.3) is 6.08 Å². The van der Waals surface area contributed by atoms with Crippen molar-refractivity contribution in [1.29, 1.82) is 0 Å². The van der Waals surface area contributed by atoms with Crippen LogP contribution in [0.15, 0.2) is 24.3 Å². The van der Waals surface area contributed by atoms with E-state index >= 15 is 0 Å². The van der Waals surface area contributed by atoms with Gasteiger partial charge in [0, 0.05) is 6.08 Å². The van der Waals surface area contributed by atoms with E-state index in [0.717, 1.165) is 18.4 Å². The molecule has 21 heavy (non-hydrogen) atoms. The Kier molecular flexibility index (Phi) is 9.20. The molecular formula is C17H22Cl2O2. The summed E-state index contributed by atoms with van der Waals surface area (Å²) in [5, 5.41) is 0.971. The molecule has 0 amide bonds. The monoisotopic (exact) mass is 328 g/mol.